The SMILES string of the molecule is Cc1ccn(C)c(=O)c1NC(=O)N1CC[C@@H](C)C[C@@H]1c1ccco1. The van der Waals surface area contributed by atoms with Gasteiger partial charge in [0.2, 0.25) is 0 Å². The second kappa shape index (κ2) is 6.55. The molecule has 2 aromatic heterocycles. The van der Waals surface area contributed by atoms with Crippen LogP contribution in [-0.2, 0) is 7.05 Å². The van der Waals surface area contributed by atoms with Gasteiger partial charge in [-0.05, 0) is 49.4 Å². The molecule has 2 atom stereocenters. The summed E-state index contributed by atoms with van der Waals surface area (Å²) in [6.45, 7) is 4.64. The summed E-state index contributed by atoms with van der Waals surface area (Å²) in [4.78, 5) is 26.9. The average Bonchev–Trinajstić information content (AvgIpc) is 3.09. The summed E-state index contributed by atoms with van der Waals surface area (Å²) in [6, 6.07) is 5.20. The van der Waals surface area contributed by atoms with Gasteiger partial charge in [-0.25, -0.2) is 4.79 Å². The molecular weight excluding hydrogens is 306 g/mol. The molecule has 0 unspecified atom stereocenters. The Morgan fingerprint density at radius 1 is 1.38 bits per heavy atom. The number of aromatic nitrogens is 1. The van der Waals surface area contributed by atoms with E-state index < -0.39 is 0 Å². The van der Waals surface area contributed by atoms with Crippen molar-refractivity contribution >= 4 is 11.7 Å². The van der Waals surface area contributed by atoms with Crippen LogP contribution in [0.2, 0.25) is 0 Å². The number of nitrogens with zero attached hydrogens (tertiary/aromatic N) is 2. The van der Waals surface area contributed by atoms with E-state index in [4.69, 9.17) is 4.42 Å². The predicted molar refractivity (Wildman–Crippen MR) is 92.0 cm³/mol. The van der Waals surface area contributed by atoms with Crippen LogP contribution < -0.4 is 10.9 Å². The molecule has 0 radical (unpaired) electrons. The van der Waals surface area contributed by atoms with Gasteiger partial charge in [-0.2, -0.15) is 0 Å². The fourth-order valence-electron chi connectivity index (χ4n) is 3.19. The lowest BCUT2D eigenvalue weighted by molar-refractivity contribution is 0.129. The van der Waals surface area contributed by atoms with Crippen LogP contribution in [0.3, 0.4) is 0 Å². The van der Waals surface area contributed by atoms with Gasteiger partial charge in [0, 0.05) is 19.8 Å². The molecule has 24 heavy (non-hydrogen) atoms. The minimum absolute atomic E-state index is 0.100. The highest BCUT2D eigenvalue weighted by Gasteiger charge is 2.33. The molecule has 3 heterocycles. The molecule has 1 saturated heterocycles. The number of carbonyl (C=O) groups is 1. The molecule has 0 spiro atoms. The number of pyridine rings is 1. The van der Waals surface area contributed by atoms with E-state index in [-0.39, 0.29) is 17.6 Å². The first-order chi connectivity index (χ1) is 11.5. The molecule has 128 valence electrons. The van der Waals surface area contributed by atoms with E-state index in [1.54, 1.807) is 24.4 Å². The van der Waals surface area contributed by atoms with Gasteiger partial charge in [-0.3, -0.25) is 4.79 Å². The first-order valence-corrected chi connectivity index (χ1v) is 8.24. The average molecular weight is 329 g/mol. The third-order valence-electron chi connectivity index (χ3n) is 4.71. The lowest BCUT2D eigenvalue weighted by atomic mass is 9.91. The highest BCUT2D eigenvalue weighted by Crippen LogP contribution is 2.34. The third kappa shape index (κ3) is 3.09. The fourth-order valence-corrected chi connectivity index (χ4v) is 3.19. The monoisotopic (exact) mass is 329 g/mol. The van der Waals surface area contributed by atoms with Crippen molar-refractivity contribution in [3.05, 3.63) is 52.3 Å². The lowest BCUT2D eigenvalue weighted by Crippen LogP contribution is -2.43. The number of amides is 2. The molecule has 2 amide bonds. The van der Waals surface area contributed by atoms with E-state index in [0.29, 0.717) is 18.2 Å². The molecule has 0 aromatic carbocycles. The zero-order valence-corrected chi connectivity index (χ0v) is 14.3. The van der Waals surface area contributed by atoms with Crippen molar-refractivity contribution in [3.8, 4) is 0 Å². The van der Waals surface area contributed by atoms with Crippen molar-refractivity contribution in [1.29, 1.82) is 0 Å². The van der Waals surface area contributed by atoms with E-state index in [1.165, 1.54) is 4.57 Å². The fraction of sp³-hybridized carbons (Fsp3) is 0.444. The number of likely N-dealkylation sites (tertiary alicyclic amines) is 1. The number of urea groups is 1. The van der Waals surface area contributed by atoms with Crippen LogP contribution in [0.25, 0.3) is 0 Å². The van der Waals surface area contributed by atoms with E-state index >= 15 is 0 Å². The standard InChI is InChI=1S/C18H23N3O3/c1-12-6-9-21(14(11-12)15-5-4-10-24-15)18(23)19-16-13(2)7-8-20(3)17(16)22/h4-5,7-8,10,12,14H,6,9,11H2,1-3H3,(H,19,23)/t12-,14-/m1/s1. The van der Waals surface area contributed by atoms with E-state index in [2.05, 4.69) is 12.2 Å². The molecule has 0 bridgehead atoms. The van der Waals surface area contributed by atoms with Crippen LogP contribution in [0.1, 0.15) is 37.1 Å². The Balaban J connectivity index is 1.86. The van der Waals surface area contributed by atoms with Crippen LogP contribution in [-0.4, -0.2) is 22.0 Å². The van der Waals surface area contributed by atoms with Crippen LogP contribution in [0, 0.1) is 12.8 Å². The Hall–Kier alpha value is -2.50. The summed E-state index contributed by atoms with van der Waals surface area (Å²) in [7, 11) is 1.67. The summed E-state index contributed by atoms with van der Waals surface area (Å²) >= 11 is 0. The number of furan rings is 1. The Bertz CT molecular complexity index is 779. The van der Waals surface area contributed by atoms with Gasteiger partial charge >= 0.3 is 6.03 Å². The minimum atomic E-state index is -0.255. The summed E-state index contributed by atoms with van der Waals surface area (Å²) in [5, 5.41) is 2.81. The van der Waals surface area contributed by atoms with Crippen molar-refractivity contribution in [3.63, 3.8) is 0 Å². The largest absolute Gasteiger partial charge is 0.467 e. The molecule has 1 aliphatic heterocycles. The van der Waals surface area contributed by atoms with Crippen LogP contribution in [0.15, 0.2) is 39.9 Å². The summed E-state index contributed by atoms with van der Waals surface area (Å²) in [5.41, 5.74) is 0.886. The highest BCUT2D eigenvalue weighted by molar-refractivity contribution is 5.90. The van der Waals surface area contributed by atoms with E-state index in [0.717, 1.165) is 24.2 Å². The van der Waals surface area contributed by atoms with Gasteiger partial charge in [0.15, 0.2) is 0 Å². The molecular formula is C18H23N3O3. The molecule has 2 aromatic rings. The number of hydrogen-bond acceptors (Lipinski definition) is 3. The summed E-state index contributed by atoms with van der Waals surface area (Å²) in [6.07, 6.45) is 5.12. The van der Waals surface area contributed by atoms with Gasteiger partial charge in [-0.15, -0.1) is 0 Å². The highest BCUT2D eigenvalue weighted by atomic mass is 16.3. The van der Waals surface area contributed by atoms with Gasteiger partial charge in [-0.1, -0.05) is 6.92 Å². The molecule has 1 aliphatic rings. The third-order valence-corrected chi connectivity index (χ3v) is 4.71. The minimum Gasteiger partial charge on any atom is -0.467 e. The van der Waals surface area contributed by atoms with E-state index in [1.807, 2.05) is 25.1 Å². The van der Waals surface area contributed by atoms with Crippen LogP contribution in [0.5, 0.6) is 0 Å². The maximum atomic E-state index is 12.8. The molecule has 6 nitrogen and oxygen atoms in total. The zero-order chi connectivity index (χ0) is 17.3. The second-order valence-corrected chi connectivity index (χ2v) is 6.57. The number of nitrogens with one attached hydrogen (secondary N) is 1. The van der Waals surface area contributed by atoms with Crippen LogP contribution >= 0.6 is 0 Å². The smallest absolute Gasteiger partial charge is 0.322 e. The number of piperidine rings is 1. The van der Waals surface area contributed by atoms with Crippen LogP contribution in [0.4, 0.5) is 10.5 Å². The number of aryl methyl sites for hydroxylation is 2. The van der Waals surface area contributed by atoms with Crippen molar-refractivity contribution in [1.82, 2.24) is 9.47 Å². The van der Waals surface area contributed by atoms with Crippen molar-refractivity contribution in [2.75, 3.05) is 11.9 Å². The Morgan fingerprint density at radius 2 is 2.17 bits per heavy atom. The topological polar surface area (TPSA) is 67.5 Å². The number of anilines is 1. The predicted octanol–water partition coefficient (Wildman–Crippen LogP) is 3.29. The normalized spacial score (nSPS) is 20.9. The summed E-state index contributed by atoms with van der Waals surface area (Å²) < 4.78 is 6.99. The maximum absolute atomic E-state index is 12.8. The Kier molecular flexibility index (Phi) is 4.46. The quantitative estimate of drug-likeness (QED) is 0.919. The van der Waals surface area contributed by atoms with Gasteiger partial charge in [0.05, 0.1) is 12.3 Å². The molecule has 1 fully saturated rings. The summed E-state index contributed by atoms with van der Waals surface area (Å²) in [5.74, 6) is 1.31. The van der Waals surface area contributed by atoms with Gasteiger partial charge in [0.25, 0.3) is 5.56 Å². The maximum Gasteiger partial charge on any atom is 0.322 e. The van der Waals surface area contributed by atoms with Gasteiger partial charge < -0.3 is 19.2 Å². The molecule has 1 N–H and O–H groups in total. The van der Waals surface area contributed by atoms with Crippen molar-refractivity contribution in [2.45, 2.75) is 32.7 Å². The molecule has 6 heteroatoms. The molecule has 0 aliphatic carbocycles. The van der Waals surface area contributed by atoms with Gasteiger partial charge in [0.1, 0.15) is 11.4 Å². The van der Waals surface area contributed by atoms with Crippen molar-refractivity contribution < 1.29 is 9.21 Å². The molecule has 0 saturated carbocycles. The molecule has 3 rings (SSSR count). The first-order valence-electron chi connectivity index (χ1n) is 8.24. The second-order valence-electron chi connectivity index (χ2n) is 6.57. The Labute approximate surface area is 141 Å². The zero-order valence-electron chi connectivity index (χ0n) is 14.3. The number of hydrogen-bond donors (Lipinski definition) is 1. The Morgan fingerprint density at radius 3 is 2.88 bits per heavy atom. The first kappa shape index (κ1) is 16.4. The lowest BCUT2D eigenvalue weighted by Gasteiger charge is -2.37. The van der Waals surface area contributed by atoms with E-state index in [9.17, 15) is 9.59 Å². The van der Waals surface area contributed by atoms with Crippen molar-refractivity contribution in [2.24, 2.45) is 13.0 Å². The number of rotatable bonds is 2. The number of carbonyl (C=O) groups excluding carboxylic acids is 1.